The lowest BCUT2D eigenvalue weighted by Crippen LogP contribution is -2.21. The Hall–Kier alpha value is -4.04. The van der Waals surface area contributed by atoms with Gasteiger partial charge in [0.1, 0.15) is 0 Å². The van der Waals surface area contributed by atoms with Crippen LogP contribution in [-0.4, -0.2) is 0 Å². The van der Waals surface area contributed by atoms with Gasteiger partial charge in [0.15, 0.2) is 0 Å². The van der Waals surface area contributed by atoms with Crippen LogP contribution in [0.15, 0.2) is 133 Å². The summed E-state index contributed by atoms with van der Waals surface area (Å²) in [6.07, 6.45) is 18.1. The van der Waals surface area contributed by atoms with Gasteiger partial charge in [-0.3, -0.25) is 0 Å². The van der Waals surface area contributed by atoms with Crippen LogP contribution in [0.5, 0.6) is 0 Å². The first kappa shape index (κ1) is 30.9. The summed E-state index contributed by atoms with van der Waals surface area (Å²) in [5, 5.41) is 0. The van der Waals surface area contributed by atoms with Gasteiger partial charge in [-0.1, -0.05) is 98.5 Å². The molecule has 0 aromatic heterocycles. The fraction of sp³-hybridized carbons (Fsp3) is 0.300. The molecule has 2 nitrogen and oxygen atoms in total. The van der Waals surface area contributed by atoms with E-state index in [1.807, 2.05) is 0 Å². The zero-order chi connectivity index (χ0) is 29.9. The molecule has 0 fully saturated rings. The van der Waals surface area contributed by atoms with E-state index in [1.54, 1.807) is 5.57 Å². The molecule has 0 amide bonds. The lowest BCUT2D eigenvalue weighted by Gasteiger charge is -2.31. The van der Waals surface area contributed by atoms with Crippen molar-refractivity contribution < 1.29 is 0 Å². The van der Waals surface area contributed by atoms with E-state index in [4.69, 9.17) is 0 Å². The maximum Gasteiger partial charge on any atom is 0.0463 e. The highest BCUT2D eigenvalue weighted by molar-refractivity contribution is 5.78. The summed E-state index contributed by atoms with van der Waals surface area (Å²) in [5.41, 5.74) is 12.0. The summed E-state index contributed by atoms with van der Waals surface area (Å²) < 4.78 is 0. The molecule has 0 saturated heterocycles. The van der Waals surface area contributed by atoms with Crippen LogP contribution < -0.4 is 9.80 Å². The molecule has 0 radical (unpaired) electrons. The average molecular weight is 557 g/mol. The highest BCUT2D eigenvalue weighted by atomic mass is 15.2. The summed E-state index contributed by atoms with van der Waals surface area (Å²) in [6.45, 7) is 17.5. The molecule has 218 valence electrons. The molecule has 1 aliphatic carbocycles. The first-order chi connectivity index (χ1) is 20.4. The topological polar surface area (TPSA) is 6.48 Å². The van der Waals surface area contributed by atoms with Crippen LogP contribution in [0.3, 0.4) is 0 Å². The Morgan fingerprint density at radius 2 is 1.19 bits per heavy atom. The molecule has 0 bridgehead atoms. The Bertz CT molecular complexity index is 1370. The molecule has 0 N–H and O–H groups in total. The lowest BCUT2D eigenvalue weighted by molar-refractivity contribution is 0.736. The molecule has 2 heteroatoms. The number of rotatable bonds is 14. The van der Waals surface area contributed by atoms with Crippen LogP contribution in [0.1, 0.15) is 76.3 Å². The van der Waals surface area contributed by atoms with Crippen LogP contribution in [0.4, 0.5) is 22.7 Å². The first-order valence-electron chi connectivity index (χ1n) is 15.7. The van der Waals surface area contributed by atoms with Crippen LogP contribution in [0.2, 0.25) is 0 Å². The van der Waals surface area contributed by atoms with Crippen molar-refractivity contribution in [2.24, 2.45) is 0 Å². The second-order valence-electron chi connectivity index (χ2n) is 11.5. The van der Waals surface area contributed by atoms with E-state index in [0.29, 0.717) is 0 Å². The van der Waals surface area contributed by atoms with Crippen LogP contribution in [0, 0.1) is 13.8 Å². The predicted octanol–water partition coefficient (Wildman–Crippen LogP) is 12.2. The van der Waals surface area contributed by atoms with Gasteiger partial charge in [0.2, 0.25) is 0 Å². The molecule has 1 aliphatic rings. The van der Waals surface area contributed by atoms with Crippen molar-refractivity contribution in [1.29, 1.82) is 0 Å². The minimum absolute atomic E-state index is 0.964. The van der Waals surface area contributed by atoms with E-state index in [-0.39, 0.29) is 0 Å². The summed E-state index contributed by atoms with van der Waals surface area (Å²) in [4.78, 5) is 4.64. The summed E-state index contributed by atoms with van der Waals surface area (Å²) in [6, 6.07) is 26.4. The molecule has 42 heavy (non-hydrogen) atoms. The molecule has 4 rings (SSSR count). The molecule has 0 saturated carbocycles. The second-order valence-corrected chi connectivity index (χ2v) is 11.5. The minimum Gasteiger partial charge on any atom is -0.315 e. The molecule has 0 aliphatic heterocycles. The maximum absolute atomic E-state index is 4.52. The van der Waals surface area contributed by atoms with Gasteiger partial charge in [-0.2, -0.15) is 0 Å². The van der Waals surface area contributed by atoms with Gasteiger partial charge in [0.25, 0.3) is 0 Å². The van der Waals surface area contributed by atoms with Gasteiger partial charge >= 0.3 is 0 Å². The third-order valence-corrected chi connectivity index (χ3v) is 7.95. The van der Waals surface area contributed by atoms with Gasteiger partial charge in [-0.05, 0) is 113 Å². The fourth-order valence-electron chi connectivity index (χ4n) is 5.35. The Kier molecular flexibility index (Phi) is 11.2. The largest absolute Gasteiger partial charge is 0.315 e. The second kappa shape index (κ2) is 15.3. The smallest absolute Gasteiger partial charge is 0.0463 e. The number of anilines is 4. The molecule has 0 spiro atoms. The number of unbranched alkanes of at least 4 members (excludes halogenated alkanes) is 2. The zero-order valence-corrected chi connectivity index (χ0v) is 26.2. The SMILES string of the molecule is C=C(/C=C\C(=C)N(C1=CC=C(CCCC)CC1)c1ccc(N(c2ccc(C)cc2)c2ccc(C)cc2)cc1)CCCC. The molecule has 0 atom stereocenters. The molecule has 0 unspecified atom stereocenters. The van der Waals surface area contributed by atoms with E-state index in [9.17, 15) is 0 Å². The van der Waals surface area contributed by atoms with Crippen LogP contribution in [0.25, 0.3) is 0 Å². The van der Waals surface area contributed by atoms with Crippen LogP contribution >= 0.6 is 0 Å². The number of allylic oxidation sites excluding steroid dienone is 7. The van der Waals surface area contributed by atoms with Gasteiger partial charge in [-0.15, -0.1) is 0 Å². The van der Waals surface area contributed by atoms with E-state index >= 15 is 0 Å². The Labute approximate surface area is 255 Å². The van der Waals surface area contributed by atoms with Crippen molar-refractivity contribution in [2.75, 3.05) is 9.80 Å². The molecule has 3 aromatic rings. The number of nitrogens with zero attached hydrogens (tertiary/aromatic N) is 2. The van der Waals surface area contributed by atoms with Crippen molar-refractivity contribution in [2.45, 2.75) is 79.1 Å². The quantitative estimate of drug-likeness (QED) is 0.182. The van der Waals surface area contributed by atoms with Crippen LogP contribution in [-0.2, 0) is 0 Å². The van der Waals surface area contributed by atoms with E-state index in [1.165, 1.54) is 42.5 Å². The zero-order valence-electron chi connectivity index (χ0n) is 26.2. The van der Waals surface area contributed by atoms with Crippen molar-refractivity contribution in [3.05, 3.63) is 144 Å². The molecule has 0 heterocycles. The third kappa shape index (κ3) is 8.26. The van der Waals surface area contributed by atoms with Crippen molar-refractivity contribution >= 4 is 22.7 Å². The van der Waals surface area contributed by atoms with E-state index in [0.717, 1.165) is 59.7 Å². The summed E-state index contributed by atoms with van der Waals surface area (Å²) in [5.74, 6) is 0. The van der Waals surface area contributed by atoms with E-state index in [2.05, 4.69) is 148 Å². The lowest BCUT2D eigenvalue weighted by atomic mass is 9.96. The van der Waals surface area contributed by atoms with E-state index < -0.39 is 0 Å². The fourth-order valence-corrected chi connectivity index (χ4v) is 5.35. The van der Waals surface area contributed by atoms with Crippen molar-refractivity contribution in [1.82, 2.24) is 0 Å². The Morgan fingerprint density at radius 3 is 1.69 bits per heavy atom. The highest BCUT2D eigenvalue weighted by Gasteiger charge is 2.19. The van der Waals surface area contributed by atoms with Gasteiger partial charge in [-0.25, -0.2) is 0 Å². The van der Waals surface area contributed by atoms with Gasteiger partial charge in [0.05, 0.1) is 0 Å². The van der Waals surface area contributed by atoms with Gasteiger partial charge in [0, 0.05) is 34.1 Å². The highest BCUT2D eigenvalue weighted by Crippen LogP contribution is 2.37. The normalized spacial score (nSPS) is 13.0. The minimum atomic E-state index is 0.964. The standard InChI is InChI=1S/C40H48N2/c1-7-9-11-31(3)13-18-34(6)41(36-25-19-35(20-26-36)12-10-8-2)37-27-29-40(30-28-37)42(38-21-14-32(4)15-22-38)39-23-16-33(5)17-24-39/h13-19,21-25,27-30H,3,6-12,20,26H2,1-2,4-5H3/b18-13-. The number of hydrogen-bond donors (Lipinski definition) is 0. The number of benzene rings is 3. The average Bonchev–Trinajstić information content (AvgIpc) is 3.01. The number of aryl methyl sites for hydroxylation is 2. The maximum atomic E-state index is 4.52. The van der Waals surface area contributed by atoms with Crippen molar-refractivity contribution in [3.8, 4) is 0 Å². The first-order valence-corrected chi connectivity index (χ1v) is 15.7. The third-order valence-electron chi connectivity index (χ3n) is 7.95. The summed E-state index contributed by atoms with van der Waals surface area (Å²) in [7, 11) is 0. The molecular formula is C40H48N2. The predicted molar refractivity (Wildman–Crippen MR) is 185 cm³/mol. The molecule has 3 aromatic carbocycles. The Morgan fingerprint density at radius 1 is 0.667 bits per heavy atom. The number of hydrogen-bond acceptors (Lipinski definition) is 2. The van der Waals surface area contributed by atoms with Crippen molar-refractivity contribution in [3.63, 3.8) is 0 Å². The Balaban J connectivity index is 1.68. The molecular weight excluding hydrogens is 508 g/mol. The monoisotopic (exact) mass is 556 g/mol. The summed E-state index contributed by atoms with van der Waals surface area (Å²) >= 11 is 0. The van der Waals surface area contributed by atoms with Gasteiger partial charge < -0.3 is 9.80 Å².